The zero-order valence-electron chi connectivity index (χ0n) is 18.2. The van der Waals surface area contributed by atoms with Crippen LogP contribution in [-0.2, 0) is 4.74 Å². The third-order valence-corrected chi connectivity index (χ3v) is 5.17. The van der Waals surface area contributed by atoms with Crippen molar-refractivity contribution in [2.24, 2.45) is 0 Å². The van der Waals surface area contributed by atoms with Crippen molar-refractivity contribution in [1.29, 1.82) is 0 Å². The molecule has 0 fully saturated rings. The molecule has 1 atom stereocenters. The number of aromatic hydroxyl groups is 1. The average Bonchev–Trinajstić information content (AvgIpc) is 2.81. The lowest BCUT2D eigenvalue weighted by molar-refractivity contribution is -0.206. The fraction of sp³-hybridized carbons (Fsp3) is 0.320. The van der Waals surface area contributed by atoms with E-state index in [0.29, 0.717) is 29.8 Å². The summed E-state index contributed by atoms with van der Waals surface area (Å²) in [4.78, 5) is 20.9. The Kier molecular flexibility index (Phi) is 8.03. The van der Waals surface area contributed by atoms with Crippen molar-refractivity contribution in [1.82, 2.24) is 9.97 Å². The van der Waals surface area contributed by atoms with E-state index in [4.69, 9.17) is 4.74 Å². The van der Waals surface area contributed by atoms with Gasteiger partial charge >= 0.3 is 12.1 Å². The number of hydrogen-bond donors (Lipinski definition) is 1. The molecule has 0 amide bonds. The van der Waals surface area contributed by atoms with Gasteiger partial charge in [-0.05, 0) is 54.8 Å². The van der Waals surface area contributed by atoms with E-state index in [1.807, 2.05) is 6.92 Å². The number of benzene rings is 2. The van der Waals surface area contributed by atoms with Crippen molar-refractivity contribution in [3.05, 3.63) is 66.5 Å². The summed E-state index contributed by atoms with van der Waals surface area (Å²) in [6, 6.07) is 12.5. The maximum absolute atomic E-state index is 13.3. The van der Waals surface area contributed by atoms with E-state index < -0.39 is 18.2 Å². The summed E-state index contributed by atoms with van der Waals surface area (Å²) in [6.45, 7) is 1.97. The molecule has 1 N–H and O–H groups in total. The van der Waals surface area contributed by atoms with Crippen molar-refractivity contribution in [2.75, 3.05) is 0 Å². The van der Waals surface area contributed by atoms with Crippen molar-refractivity contribution < 1.29 is 27.8 Å². The number of halogens is 3. The van der Waals surface area contributed by atoms with E-state index in [1.165, 1.54) is 12.1 Å². The van der Waals surface area contributed by atoms with Gasteiger partial charge in [-0.25, -0.2) is 14.8 Å². The van der Waals surface area contributed by atoms with Gasteiger partial charge in [0.05, 0.1) is 5.56 Å². The summed E-state index contributed by atoms with van der Waals surface area (Å²) in [5.74, 6) is -0.374. The number of hydrogen-bond acceptors (Lipinski definition) is 5. The minimum atomic E-state index is -4.60. The van der Waals surface area contributed by atoms with Crippen LogP contribution < -0.4 is 0 Å². The second-order valence-corrected chi connectivity index (χ2v) is 7.70. The first kappa shape index (κ1) is 24.2. The number of alkyl halides is 3. The minimum absolute atomic E-state index is 0.0446. The monoisotopic (exact) mass is 458 g/mol. The lowest BCUT2D eigenvalue weighted by atomic mass is 10.1. The Hall–Kier alpha value is -3.42. The molecule has 0 aliphatic carbocycles. The number of esters is 1. The van der Waals surface area contributed by atoms with E-state index in [9.17, 15) is 23.1 Å². The molecule has 0 saturated heterocycles. The number of rotatable bonds is 9. The molecule has 174 valence electrons. The zero-order valence-corrected chi connectivity index (χ0v) is 18.2. The molecule has 3 rings (SSSR count). The first-order chi connectivity index (χ1) is 15.8. The quantitative estimate of drug-likeness (QED) is 0.290. The predicted molar refractivity (Wildman–Crippen MR) is 119 cm³/mol. The lowest BCUT2D eigenvalue weighted by Gasteiger charge is -2.20. The fourth-order valence-electron chi connectivity index (χ4n) is 3.28. The first-order valence-electron chi connectivity index (χ1n) is 10.8. The van der Waals surface area contributed by atoms with Gasteiger partial charge in [0.2, 0.25) is 0 Å². The van der Waals surface area contributed by atoms with Crippen LogP contribution >= 0.6 is 0 Å². The summed E-state index contributed by atoms with van der Waals surface area (Å²) in [6.07, 6.45) is -0.948. The van der Waals surface area contributed by atoms with Gasteiger partial charge in [-0.15, -0.1) is 0 Å². The van der Waals surface area contributed by atoms with Crippen LogP contribution in [0.25, 0.3) is 22.5 Å². The molecule has 0 bridgehead atoms. The first-order valence-corrected chi connectivity index (χ1v) is 10.8. The second kappa shape index (κ2) is 10.9. The van der Waals surface area contributed by atoms with E-state index in [1.54, 1.807) is 48.8 Å². The van der Waals surface area contributed by atoms with Crippen molar-refractivity contribution >= 4 is 5.97 Å². The van der Waals surface area contributed by atoms with Crippen molar-refractivity contribution in [3.8, 4) is 28.3 Å². The molecule has 3 aromatic rings. The molecule has 1 heterocycles. The predicted octanol–water partition coefficient (Wildman–Crippen LogP) is 6.57. The van der Waals surface area contributed by atoms with Crippen LogP contribution in [-0.4, -0.2) is 33.3 Å². The molecular formula is C25H25F3N2O3. The fourth-order valence-corrected chi connectivity index (χ4v) is 3.28. The highest BCUT2D eigenvalue weighted by atomic mass is 19.4. The molecule has 1 aromatic heterocycles. The minimum Gasteiger partial charge on any atom is -0.508 e. The lowest BCUT2D eigenvalue weighted by Crippen LogP contribution is -2.33. The molecule has 2 aromatic carbocycles. The molecule has 0 spiro atoms. The molecule has 0 radical (unpaired) electrons. The van der Waals surface area contributed by atoms with Crippen LogP contribution in [0.3, 0.4) is 0 Å². The van der Waals surface area contributed by atoms with Crippen LogP contribution in [0.1, 0.15) is 49.4 Å². The van der Waals surface area contributed by atoms with Crippen LogP contribution in [0.15, 0.2) is 60.9 Å². The third-order valence-electron chi connectivity index (χ3n) is 5.17. The van der Waals surface area contributed by atoms with Gasteiger partial charge in [-0.3, -0.25) is 0 Å². The summed E-state index contributed by atoms with van der Waals surface area (Å²) in [5.41, 5.74) is 2.17. The highest BCUT2D eigenvalue weighted by molar-refractivity contribution is 5.90. The molecular weight excluding hydrogens is 433 g/mol. The highest BCUT2D eigenvalue weighted by Crippen LogP contribution is 2.28. The summed E-state index contributed by atoms with van der Waals surface area (Å²) < 4.78 is 44.6. The Bertz CT molecular complexity index is 1030. The van der Waals surface area contributed by atoms with Gasteiger partial charge in [-0.2, -0.15) is 13.2 Å². The number of carbonyl (C=O) groups excluding carboxylic acids is 1. The summed E-state index contributed by atoms with van der Waals surface area (Å²) in [5, 5.41) is 9.37. The SMILES string of the molecule is CCCCCC[C@@H](OC(=O)c1ccc(-c2cnc(-c3ccc(O)cc3)nc2)cc1)C(F)(F)F. The Morgan fingerprint density at radius 1 is 0.909 bits per heavy atom. The Balaban J connectivity index is 1.66. The van der Waals surface area contributed by atoms with Gasteiger partial charge in [0.15, 0.2) is 11.9 Å². The van der Waals surface area contributed by atoms with Gasteiger partial charge in [0, 0.05) is 23.5 Å². The van der Waals surface area contributed by atoms with Gasteiger partial charge in [0.25, 0.3) is 0 Å². The Morgan fingerprint density at radius 3 is 2.09 bits per heavy atom. The van der Waals surface area contributed by atoms with E-state index in [-0.39, 0.29) is 17.7 Å². The van der Waals surface area contributed by atoms with E-state index >= 15 is 0 Å². The molecule has 8 heteroatoms. The Labute approximate surface area is 190 Å². The number of aromatic nitrogens is 2. The van der Waals surface area contributed by atoms with Gasteiger partial charge in [-0.1, -0.05) is 38.3 Å². The van der Waals surface area contributed by atoms with Crippen LogP contribution in [0.5, 0.6) is 5.75 Å². The average molecular weight is 458 g/mol. The maximum Gasteiger partial charge on any atom is 0.425 e. The summed E-state index contributed by atoms with van der Waals surface area (Å²) >= 11 is 0. The normalized spacial score (nSPS) is 12.4. The second-order valence-electron chi connectivity index (χ2n) is 7.70. The standard InChI is InChI=1S/C25H25F3N2O3/c1-2-3-4-5-6-22(25(26,27)28)33-24(32)19-9-7-17(8-10-19)20-15-29-23(30-16-20)18-11-13-21(31)14-12-18/h7-16,22,31H,2-6H2,1H3/t22-/m1/s1. The maximum atomic E-state index is 13.3. The number of phenolic OH excluding ortho intramolecular Hbond substituents is 1. The van der Waals surface area contributed by atoms with Crippen LogP contribution in [0, 0.1) is 0 Å². The molecule has 0 saturated carbocycles. The van der Waals surface area contributed by atoms with Gasteiger partial charge in [0.1, 0.15) is 5.75 Å². The summed E-state index contributed by atoms with van der Waals surface area (Å²) in [7, 11) is 0. The number of unbranched alkanes of at least 4 members (excludes halogenated alkanes) is 3. The topological polar surface area (TPSA) is 72.3 Å². The molecule has 0 unspecified atom stereocenters. The molecule has 5 nitrogen and oxygen atoms in total. The third kappa shape index (κ3) is 6.78. The van der Waals surface area contributed by atoms with Gasteiger partial charge < -0.3 is 9.84 Å². The van der Waals surface area contributed by atoms with E-state index in [0.717, 1.165) is 18.4 Å². The zero-order chi connectivity index (χ0) is 23.8. The molecule has 0 aliphatic heterocycles. The van der Waals surface area contributed by atoms with Crippen LogP contribution in [0.4, 0.5) is 13.2 Å². The smallest absolute Gasteiger partial charge is 0.425 e. The highest BCUT2D eigenvalue weighted by Gasteiger charge is 2.42. The molecule has 33 heavy (non-hydrogen) atoms. The Morgan fingerprint density at radius 2 is 1.52 bits per heavy atom. The van der Waals surface area contributed by atoms with E-state index in [2.05, 4.69) is 9.97 Å². The number of nitrogens with zero attached hydrogens (tertiary/aromatic N) is 2. The van der Waals surface area contributed by atoms with Crippen LogP contribution in [0.2, 0.25) is 0 Å². The number of carbonyl (C=O) groups is 1. The molecule has 0 aliphatic rings. The number of ether oxygens (including phenoxy) is 1. The van der Waals surface area contributed by atoms with Crippen molar-refractivity contribution in [2.45, 2.75) is 51.3 Å². The number of phenols is 1. The largest absolute Gasteiger partial charge is 0.508 e. The van der Waals surface area contributed by atoms with Crippen molar-refractivity contribution in [3.63, 3.8) is 0 Å².